The molecule has 0 amide bonds. The average molecular weight is 398 g/mol. The van der Waals surface area contributed by atoms with Crippen LogP contribution in [-0.4, -0.2) is 75.7 Å². The van der Waals surface area contributed by atoms with E-state index in [1.807, 2.05) is 30.3 Å². The van der Waals surface area contributed by atoms with Crippen molar-refractivity contribution in [3.05, 3.63) is 30.3 Å². The van der Waals surface area contributed by atoms with E-state index < -0.39 is 17.7 Å². The predicted molar refractivity (Wildman–Crippen MR) is 97.2 cm³/mol. The van der Waals surface area contributed by atoms with E-state index in [4.69, 9.17) is 28.8 Å². The minimum Gasteiger partial charge on any atom is -0.491 e. The second-order valence-electron chi connectivity index (χ2n) is 5.45. The molecule has 0 bridgehead atoms. The molecule has 0 aliphatic carbocycles. The first-order valence-electron chi connectivity index (χ1n) is 8.92. The largest absolute Gasteiger partial charge is 0.491 e. The summed E-state index contributed by atoms with van der Waals surface area (Å²) in [6.45, 7) is 2.76. The highest BCUT2D eigenvalue weighted by atomic mass is 16.6. The van der Waals surface area contributed by atoms with Gasteiger partial charge in [0, 0.05) is 6.42 Å². The molecule has 1 aromatic rings. The summed E-state index contributed by atoms with van der Waals surface area (Å²) in [4.78, 5) is 32.4. The van der Waals surface area contributed by atoms with Crippen LogP contribution in [0.2, 0.25) is 0 Å². The van der Waals surface area contributed by atoms with Crippen LogP contribution in [-0.2, 0) is 33.3 Å². The van der Waals surface area contributed by atoms with Gasteiger partial charge in [-0.25, -0.2) is 4.79 Å². The monoisotopic (exact) mass is 398 g/mol. The fourth-order valence-corrected chi connectivity index (χ4v) is 1.89. The van der Waals surface area contributed by atoms with Crippen molar-refractivity contribution in [1.29, 1.82) is 0 Å². The van der Waals surface area contributed by atoms with E-state index in [1.165, 1.54) is 0 Å². The molecule has 0 radical (unpaired) electrons. The molecule has 0 saturated carbocycles. The Morgan fingerprint density at radius 3 is 1.82 bits per heavy atom. The maximum absolute atomic E-state index is 11.3. The van der Waals surface area contributed by atoms with Crippen molar-refractivity contribution >= 4 is 17.7 Å². The van der Waals surface area contributed by atoms with Crippen molar-refractivity contribution < 1.29 is 43.2 Å². The zero-order valence-corrected chi connectivity index (χ0v) is 15.7. The maximum Gasteiger partial charge on any atom is 0.372 e. The molecule has 1 N–H and O–H groups in total. The quantitative estimate of drug-likeness (QED) is 0.234. The summed E-state index contributed by atoms with van der Waals surface area (Å²) >= 11 is 0. The normalized spacial score (nSPS) is 10.4. The number of esters is 1. The number of Topliss-reactive ketones (excluding diaryl/α,β-unsaturated/α-hetero) is 1. The maximum atomic E-state index is 11.3. The second kappa shape index (κ2) is 15.6. The molecule has 9 nitrogen and oxygen atoms in total. The molecule has 1 aromatic carbocycles. The van der Waals surface area contributed by atoms with Gasteiger partial charge in [0.05, 0.1) is 46.1 Å². The average Bonchev–Trinajstić information content (AvgIpc) is 2.70. The lowest BCUT2D eigenvalue weighted by Crippen LogP contribution is -2.17. The lowest BCUT2D eigenvalue weighted by Gasteiger charge is -2.08. The van der Waals surface area contributed by atoms with Crippen molar-refractivity contribution in [2.45, 2.75) is 12.8 Å². The molecule has 156 valence electrons. The summed E-state index contributed by atoms with van der Waals surface area (Å²) in [6.07, 6.45) is -0.631. The van der Waals surface area contributed by atoms with Gasteiger partial charge in [0.15, 0.2) is 0 Å². The van der Waals surface area contributed by atoms with Crippen LogP contribution in [0.25, 0.3) is 0 Å². The Labute approximate surface area is 163 Å². The highest BCUT2D eigenvalue weighted by Gasteiger charge is 2.14. The van der Waals surface area contributed by atoms with E-state index in [2.05, 4.69) is 0 Å². The van der Waals surface area contributed by atoms with Crippen molar-refractivity contribution in [1.82, 2.24) is 0 Å². The van der Waals surface area contributed by atoms with Crippen molar-refractivity contribution in [2.24, 2.45) is 0 Å². The summed E-state index contributed by atoms with van der Waals surface area (Å²) < 4.78 is 26.2. The molecule has 0 heterocycles. The van der Waals surface area contributed by atoms with Gasteiger partial charge in [-0.2, -0.15) is 0 Å². The SMILES string of the molecule is O=C(CCC(=O)C(=O)O)OCCOCCOCCOCCOc1ccccc1. The van der Waals surface area contributed by atoms with E-state index in [9.17, 15) is 14.4 Å². The third-order valence-corrected chi connectivity index (χ3v) is 3.27. The van der Waals surface area contributed by atoms with Gasteiger partial charge < -0.3 is 28.8 Å². The van der Waals surface area contributed by atoms with Crippen LogP contribution in [0.3, 0.4) is 0 Å². The van der Waals surface area contributed by atoms with Gasteiger partial charge >= 0.3 is 11.9 Å². The van der Waals surface area contributed by atoms with Crippen LogP contribution in [0.4, 0.5) is 0 Å². The Morgan fingerprint density at radius 2 is 1.25 bits per heavy atom. The Balaban J connectivity index is 1.80. The van der Waals surface area contributed by atoms with E-state index in [0.29, 0.717) is 39.6 Å². The number of carbonyl (C=O) groups is 3. The minimum atomic E-state index is -1.55. The molecule has 0 aliphatic heterocycles. The number of benzene rings is 1. The Bertz CT molecular complexity index is 574. The number of carboxylic acid groups (broad SMARTS) is 1. The van der Waals surface area contributed by atoms with E-state index in [1.54, 1.807) is 0 Å². The van der Waals surface area contributed by atoms with Gasteiger partial charge in [0.1, 0.15) is 19.0 Å². The third kappa shape index (κ3) is 12.8. The topological polar surface area (TPSA) is 118 Å². The van der Waals surface area contributed by atoms with Gasteiger partial charge in [0.2, 0.25) is 5.78 Å². The fourth-order valence-electron chi connectivity index (χ4n) is 1.89. The summed E-state index contributed by atoms with van der Waals surface area (Å²) in [6, 6.07) is 9.49. The van der Waals surface area contributed by atoms with Crippen molar-refractivity contribution in [3.63, 3.8) is 0 Å². The molecule has 0 saturated heterocycles. The van der Waals surface area contributed by atoms with Crippen LogP contribution in [0.1, 0.15) is 12.8 Å². The number of ether oxygens (including phenoxy) is 5. The van der Waals surface area contributed by atoms with Gasteiger partial charge in [-0.3, -0.25) is 9.59 Å². The molecule has 1 rings (SSSR count). The van der Waals surface area contributed by atoms with Crippen molar-refractivity contribution in [2.75, 3.05) is 52.9 Å². The molecule has 0 aliphatic rings. The number of carboxylic acids is 1. The molecule has 0 aromatic heterocycles. The second-order valence-corrected chi connectivity index (χ2v) is 5.45. The van der Waals surface area contributed by atoms with Crippen LogP contribution < -0.4 is 4.74 Å². The number of carbonyl (C=O) groups excluding carboxylic acids is 2. The highest BCUT2D eigenvalue weighted by Crippen LogP contribution is 2.07. The highest BCUT2D eigenvalue weighted by molar-refractivity contribution is 6.32. The lowest BCUT2D eigenvalue weighted by molar-refractivity contribution is -0.151. The standard InChI is InChI=1S/C19H26O9/c20-17(19(22)23)6-7-18(21)28-15-13-26-11-9-24-8-10-25-12-14-27-16-4-2-1-3-5-16/h1-5H,6-15H2,(H,22,23). The molecular formula is C19H26O9. The number of rotatable bonds is 17. The number of ketones is 1. The summed E-state index contributed by atoms with van der Waals surface area (Å²) in [5, 5.41) is 8.38. The first-order valence-corrected chi connectivity index (χ1v) is 8.92. The lowest BCUT2D eigenvalue weighted by atomic mass is 10.2. The Kier molecular flexibility index (Phi) is 13.1. The predicted octanol–water partition coefficient (Wildman–Crippen LogP) is 1.09. The minimum absolute atomic E-state index is 0.0324. The third-order valence-electron chi connectivity index (χ3n) is 3.27. The Morgan fingerprint density at radius 1 is 0.714 bits per heavy atom. The summed E-state index contributed by atoms with van der Waals surface area (Å²) in [5.74, 6) is -2.40. The van der Waals surface area contributed by atoms with Gasteiger partial charge in [-0.05, 0) is 12.1 Å². The molecule has 0 atom stereocenters. The fraction of sp³-hybridized carbons (Fsp3) is 0.526. The molecule has 0 unspecified atom stereocenters. The smallest absolute Gasteiger partial charge is 0.372 e. The molecule has 9 heteroatoms. The molecule has 0 spiro atoms. The van der Waals surface area contributed by atoms with Gasteiger partial charge in [-0.15, -0.1) is 0 Å². The first-order chi connectivity index (χ1) is 13.6. The van der Waals surface area contributed by atoms with Crippen LogP contribution in [0.5, 0.6) is 5.75 Å². The summed E-state index contributed by atoms with van der Waals surface area (Å²) in [7, 11) is 0. The van der Waals surface area contributed by atoms with E-state index in [0.717, 1.165) is 5.75 Å². The first kappa shape index (κ1) is 23.5. The number of hydrogen-bond acceptors (Lipinski definition) is 8. The van der Waals surface area contributed by atoms with Crippen molar-refractivity contribution in [3.8, 4) is 5.75 Å². The van der Waals surface area contributed by atoms with E-state index >= 15 is 0 Å². The van der Waals surface area contributed by atoms with Crippen LogP contribution in [0, 0.1) is 0 Å². The van der Waals surface area contributed by atoms with E-state index in [-0.39, 0.29) is 26.1 Å². The van der Waals surface area contributed by atoms with Gasteiger partial charge in [0.25, 0.3) is 0 Å². The zero-order chi connectivity index (χ0) is 20.5. The van der Waals surface area contributed by atoms with Gasteiger partial charge in [-0.1, -0.05) is 18.2 Å². The molecular weight excluding hydrogens is 372 g/mol. The number of aliphatic carboxylic acids is 1. The van der Waals surface area contributed by atoms with Crippen LogP contribution >= 0.6 is 0 Å². The Hall–Kier alpha value is -2.49. The number of para-hydroxylation sites is 1. The summed E-state index contributed by atoms with van der Waals surface area (Å²) in [5.41, 5.74) is 0. The zero-order valence-electron chi connectivity index (χ0n) is 15.7. The van der Waals surface area contributed by atoms with Crippen LogP contribution in [0.15, 0.2) is 30.3 Å². The molecule has 28 heavy (non-hydrogen) atoms. The molecule has 0 fully saturated rings. The number of hydrogen-bond donors (Lipinski definition) is 1.